The second-order valence-corrected chi connectivity index (χ2v) is 9.61. The van der Waals surface area contributed by atoms with Crippen molar-refractivity contribution >= 4 is 40.9 Å². The van der Waals surface area contributed by atoms with Crippen LogP contribution in [-0.4, -0.2) is 31.4 Å². The molecule has 0 saturated carbocycles. The number of rotatable bonds is 11. The highest BCUT2D eigenvalue weighted by Gasteiger charge is 2.14. The molecule has 0 aliphatic rings. The molecule has 0 unspecified atom stereocenters. The van der Waals surface area contributed by atoms with Crippen molar-refractivity contribution in [1.82, 2.24) is 0 Å². The van der Waals surface area contributed by atoms with Gasteiger partial charge in [0.15, 0.2) is 0 Å². The van der Waals surface area contributed by atoms with Crippen molar-refractivity contribution in [3.05, 3.63) is 82.7 Å². The molecule has 4 aromatic rings. The summed E-state index contributed by atoms with van der Waals surface area (Å²) in [5, 5.41) is 12.5. The number of carbonyl (C=O) groups is 1. The van der Waals surface area contributed by atoms with Gasteiger partial charge in [0, 0.05) is 22.8 Å². The van der Waals surface area contributed by atoms with Crippen LogP contribution < -0.4 is 9.47 Å². The molecule has 0 amide bonds. The molecule has 7 heteroatoms. The fourth-order valence-electron chi connectivity index (χ4n) is 4.16. The molecular weight excluding hydrogens is 516 g/mol. The zero-order valence-corrected chi connectivity index (χ0v) is 23.6. The molecule has 5 nitrogen and oxygen atoms in total. The minimum absolute atomic E-state index is 0. The maximum Gasteiger partial charge on any atom is 0.304 e. The van der Waals surface area contributed by atoms with Gasteiger partial charge in [0.1, 0.15) is 24.7 Å². The molecule has 0 saturated heterocycles. The van der Waals surface area contributed by atoms with Crippen LogP contribution >= 0.6 is 24.8 Å². The van der Waals surface area contributed by atoms with Gasteiger partial charge in [-0.15, -0.1) is 17.3 Å². The second kappa shape index (κ2) is 13.9. The molecule has 0 radical (unpaired) electrons. The second-order valence-electron chi connectivity index (χ2n) is 8.70. The average molecular weight is 549 g/mol. The highest BCUT2D eigenvalue weighted by molar-refractivity contribution is 7.59. The number of hydrogen-bond acceptors (Lipinski definition) is 5. The lowest BCUT2D eigenvalue weighted by atomic mass is 9.96. The lowest BCUT2D eigenvalue weighted by Crippen LogP contribution is -2.04. The molecule has 3 aromatic carbocycles. The predicted octanol–water partition coefficient (Wildman–Crippen LogP) is 7.18. The van der Waals surface area contributed by atoms with Gasteiger partial charge < -0.3 is 19.3 Å². The number of thiophene rings is 1. The van der Waals surface area contributed by atoms with E-state index in [2.05, 4.69) is 54.5 Å². The van der Waals surface area contributed by atoms with E-state index in [4.69, 9.17) is 19.3 Å². The molecule has 198 valence electrons. The Morgan fingerprint density at radius 2 is 1.74 bits per heavy atom. The summed E-state index contributed by atoms with van der Waals surface area (Å²) in [5.41, 5.74) is 5.47. The number of aliphatic carboxylic acids is 1. The van der Waals surface area contributed by atoms with Crippen LogP contribution in [0.3, 0.4) is 0 Å². The predicted molar refractivity (Wildman–Crippen MR) is 159 cm³/mol. The molecule has 0 fully saturated rings. The molecule has 0 aliphatic heterocycles. The van der Waals surface area contributed by atoms with Crippen LogP contribution in [0.15, 0.2) is 66.0 Å². The number of hydrogen-bond donors (Lipinski definition) is 1. The van der Waals surface area contributed by atoms with E-state index < -0.39 is 5.97 Å². The Labute approximate surface area is 234 Å². The highest BCUT2D eigenvalue weighted by Crippen LogP contribution is 2.38. The number of ether oxygens (including phenoxy) is 3. The summed E-state index contributed by atoms with van der Waals surface area (Å²) < 4.78 is 18.2. The smallest absolute Gasteiger partial charge is 0.304 e. The van der Waals surface area contributed by atoms with Gasteiger partial charge in [0.05, 0.1) is 18.9 Å². The van der Waals surface area contributed by atoms with Gasteiger partial charge >= 0.3 is 5.97 Å². The van der Waals surface area contributed by atoms with Gasteiger partial charge in [0.2, 0.25) is 0 Å². The first-order chi connectivity index (χ1) is 18.0. The lowest BCUT2D eigenvalue weighted by Gasteiger charge is -2.12. The van der Waals surface area contributed by atoms with Gasteiger partial charge in [-0.2, -0.15) is 13.5 Å². The summed E-state index contributed by atoms with van der Waals surface area (Å²) in [6.45, 7) is 5.32. The Morgan fingerprint density at radius 3 is 2.45 bits per heavy atom. The third-order valence-corrected chi connectivity index (χ3v) is 7.04. The number of aryl methyl sites for hydroxylation is 1. The van der Waals surface area contributed by atoms with Crippen LogP contribution in [0.5, 0.6) is 11.5 Å². The molecule has 1 atom stereocenters. The van der Waals surface area contributed by atoms with Crippen molar-refractivity contribution in [1.29, 1.82) is 0 Å². The Hall–Kier alpha value is -3.44. The zero-order valence-electron chi connectivity index (χ0n) is 21.7. The minimum atomic E-state index is -0.864. The van der Waals surface area contributed by atoms with E-state index in [0.717, 1.165) is 28.2 Å². The van der Waals surface area contributed by atoms with Gasteiger partial charge in [0.25, 0.3) is 0 Å². The van der Waals surface area contributed by atoms with Crippen LogP contribution in [0.1, 0.15) is 36.0 Å². The van der Waals surface area contributed by atoms with Crippen molar-refractivity contribution < 1.29 is 24.1 Å². The van der Waals surface area contributed by atoms with E-state index in [1.165, 1.54) is 21.2 Å². The van der Waals surface area contributed by atoms with Crippen LogP contribution in [0.25, 0.3) is 21.2 Å². The molecule has 4 rings (SSSR count). The lowest BCUT2D eigenvalue weighted by molar-refractivity contribution is -0.137. The summed E-state index contributed by atoms with van der Waals surface area (Å²) in [5.74, 6) is 6.16. The number of methoxy groups -OCH3 is 1. The maximum atomic E-state index is 11.2. The Balaban J connectivity index is 0.00000400. The van der Waals surface area contributed by atoms with Crippen molar-refractivity contribution in [3.63, 3.8) is 0 Å². The first-order valence-corrected chi connectivity index (χ1v) is 13.0. The Bertz CT molecular complexity index is 1430. The number of benzene rings is 3. The Morgan fingerprint density at radius 1 is 0.974 bits per heavy atom. The molecule has 1 aromatic heterocycles. The maximum absolute atomic E-state index is 11.2. The van der Waals surface area contributed by atoms with Crippen molar-refractivity contribution in [2.45, 2.75) is 32.8 Å². The normalized spacial score (nSPS) is 11.2. The van der Waals surface area contributed by atoms with Crippen molar-refractivity contribution in [2.24, 2.45) is 0 Å². The van der Waals surface area contributed by atoms with Crippen molar-refractivity contribution in [2.75, 3.05) is 20.3 Å². The van der Waals surface area contributed by atoms with Crippen LogP contribution in [-0.2, 0) is 16.1 Å². The van der Waals surface area contributed by atoms with Gasteiger partial charge in [-0.25, -0.2) is 0 Å². The summed E-state index contributed by atoms with van der Waals surface area (Å²) >= 11 is 1.73. The molecule has 1 N–H and O–H groups in total. The molecular formula is C31H32O5S2. The largest absolute Gasteiger partial charge is 0.491 e. The first-order valence-electron chi connectivity index (χ1n) is 12.1. The minimum Gasteiger partial charge on any atom is -0.491 e. The summed E-state index contributed by atoms with van der Waals surface area (Å²) in [6, 6.07) is 20.1. The third-order valence-electron chi connectivity index (χ3n) is 6.08. The average Bonchev–Trinajstić information content (AvgIpc) is 3.31. The number of carboxylic acids is 1. The van der Waals surface area contributed by atoms with E-state index in [1.54, 1.807) is 25.4 Å². The monoisotopic (exact) mass is 548 g/mol. The van der Waals surface area contributed by atoms with E-state index in [-0.39, 0.29) is 25.8 Å². The number of carboxylic acid groups (broad SMARTS) is 1. The van der Waals surface area contributed by atoms with Crippen LogP contribution in [0, 0.1) is 18.8 Å². The van der Waals surface area contributed by atoms with E-state index >= 15 is 0 Å². The van der Waals surface area contributed by atoms with Crippen LogP contribution in [0.2, 0.25) is 0 Å². The van der Waals surface area contributed by atoms with Gasteiger partial charge in [-0.3, -0.25) is 4.79 Å². The molecule has 0 aliphatic carbocycles. The quantitative estimate of drug-likeness (QED) is 0.159. The SMILES string of the molecule is CC#C[C@@H](CC(=O)O)c1ccc(OCc2ccc3scc(-c4cc(OCCOC)ccc4C)c3c2)cc1.S. The van der Waals surface area contributed by atoms with E-state index in [9.17, 15) is 4.79 Å². The highest BCUT2D eigenvalue weighted by atomic mass is 32.1. The number of fused-ring (bicyclic) bond motifs is 1. The molecule has 0 spiro atoms. The summed E-state index contributed by atoms with van der Waals surface area (Å²) in [7, 11) is 1.66. The van der Waals surface area contributed by atoms with E-state index in [1.807, 2.05) is 30.3 Å². The van der Waals surface area contributed by atoms with Gasteiger partial charge in [-0.05, 0) is 77.9 Å². The topological polar surface area (TPSA) is 65.0 Å². The fourth-order valence-corrected chi connectivity index (χ4v) is 5.10. The molecule has 1 heterocycles. The van der Waals surface area contributed by atoms with Gasteiger partial charge in [-0.1, -0.05) is 30.2 Å². The summed E-state index contributed by atoms with van der Waals surface area (Å²) in [4.78, 5) is 11.2. The third kappa shape index (κ3) is 7.32. The van der Waals surface area contributed by atoms with Crippen molar-refractivity contribution in [3.8, 4) is 34.5 Å². The molecule has 0 bridgehead atoms. The Kier molecular flexibility index (Phi) is 10.7. The summed E-state index contributed by atoms with van der Waals surface area (Å²) in [6.07, 6.45) is -0.0221. The van der Waals surface area contributed by atoms with E-state index in [0.29, 0.717) is 19.8 Å². The zero-order chi connectivity index (χ0) is 26.2. The standard InChI is InChI=1S/C31H30O5S.H2S/c1-4-5-24(17-31(32)33)23-8-11-25(12-9-23)36-19-22-7-13-30-28(16-22)29(20-37-30)27-18-26(10-6-21(27)2)35-15-14-34-3;/h6-13,16,18,20,24H,14-15,17,19H2,1-3H3,(H,32,33);1H2/t24-;/m0./s1. The fraction of sp³-hybridized carbons (Fsp3) is 0.258. The molecule has 38 heavy (non-hydrogen) atoms. The first kappa shape index (κ1) is 29.1. The van der Waals surface area contributed by atoms with Crippen LogP contribution in [0.4, 0.5) is 0 Å².